The fraction of sp³-hybridized carbons (Fsp3) is 0.812. The van der Waals surface area contributed by atoms with Crippen LogP contribution in [0.25, 0.3) is 0 Å². The number of fused-ring (bicyclic) bond motifs is 1. The van der Waals surface area contributed by atoms with E-state index in [4.69, 9.17) is 4.98 Å². The zero-order valence-electron chi connectivity index (χ0n) is 12.6. The van der Waals surface area contributed by atoms with Gasteiger partial charge >= 0.3 is 0 Å². The Labute approximate surface area is 121 Å². The maximum Gasteiger partial charge on any atom is 0.109 e. The highest BCUT2D eigenvalue weighted by Gasteiger charge is 2.36. The van der Waals surface area contributed by atoms with E-state index in [0.29, 0.717) is 6.04 Å². The van der Waals surface area contributed by atoms with Crippen molar-refractivity contribution < 1.29 is 0 Å². The van der Waals surface area contributed by atoms with Crippen LogP contribution < -0.4 is 5.32 Å². The number of aromatic nitrogens is 2. The van der Waals surface area contributed by atoms with Crippen molar-refractivity contribution in [2.24, 2.45) is 0 Å². The average Bonchev–Trinajstić information content (AvgIpc) is 3.09. The fourth-order valence-electron chi connectivity index (χ4n) is 3.97. The Kier molecular flexibility index (Phi) is 3.31. The van der Waals surface area contributed by atoms with E-state index < -0.39 is 0 Å². The predicted molar refractivity (Wildman–Crippen MR) is 79.9 cm³/mol. The second-order valence-electron chi connectivity index (χ2n) is 6.64. The Hall–Kier alpha value is -0.870. The van der Waals surface area contributed by atoms with Gasteiger partial charge in [0.1, 0.15) is 5.82 Å². The third kappa shape index (κ3) is 2.19. The minimum Gasteiger partial charge on any atom is -0.327 e. The number of hydrogen-bond acceptors (Lipinski definition) is 3. The van der Waals surface area contributed by atoms with Crippen molar-refractivity contribution in [1.82, 2.24) is 19.8 Å². The van der Waals surface area contributed by atoms with Gasteiger partial charge in [0.05, 0.1) is 5.69 Å². The summed E-state index contributed by atoms with van der Waals surface area (Å²) in [5.74, 6) is 1.35. The quantitative estimate of drug-likeness (QED) is 0.910. The van der Waals surface area contributed by atoms with Crippen LogP contribution in [-0.4, -0.2) is 40.1 Å². The molecular weight excluding hydrogens is 248 g/mol. The Balaban J connectivity index is 1.63. The monoisotopic (exact) mass is 274 g/mol. The van der Waals surface area contributed by atoms with Gasteiger partial charge in [-0.05, 0) is 25.7 Å². The lowest BCUT2D eigenvalue weighted by Crippen LogP contribution is -2.28. The number of nitrogens with one attached hydrogen (secondary N) is 1. The Morgan fingerprint density at radius 2 is 2.15 bits per heavy atom. The van der Waals surface area contributed by atoms with E-state index in [-0.39, 0.29) is 0 Å². The summed E-state index contributed by atoms with van der Waals surface area (Å²) in [5, 5.41) is 3.46. The van der Waals surface area contributed by atoms with Gasteiger partial charge < -0.3 is 9.88 Å². The van der Waals surface area contributed by atoms with E-state index in [2.05, 4.69) is 21.7 Å². The molecule has 1 N–H and O–H groups in total. The summed E-state index contributed by atoms with van der Waals surface area (Å²) in [6.07, 6.45) is 7.67. The molecule has 2 aliphatic heterocycles. The van der Waals surface area contributed by atoms with Gasteiger partial charge in [-0.3, -0.25) is 4.90 Å². The second-order valence-corrected chi connectivity index (χ2v) is 6.64. The van der Waals surface area contributed by atoms with Crippen LogP contribution in [-0.2, 0) is 19.4 Å². The molecule has 3 aliphatic rings. The SMILES string of the molecule is CCCc1nc2c(n1C1CCN(C3CC3)C1)CCNC2. The molecule has 1 saturated carbocycles. The zero-order valence-corrected chi connectivity index (χ0v) is 12.6. The van der Waals surface area contributed by atoms with Crippen LogP contribution in [0.3, 0.4) is 0 Å². The minimum absolute atomic E-state index is 0.687. The number of rotatable bonds is 4. The molecule has 1 atom stereocenters. The van der Waals surface area contributed by atoms with Crippen LogP contribution in [0.5, 0.6) is 0 Å². The predicted octanol–water partition coefficient (Wildman–Crippen LogP) is 1.89. The summed E-state index contributed by atoms with van der Waals surface area (Å²) < 4.78 is 2.64. The Bertz CT molecular complexity index is 489. The first-order chi connectivity index (χ1) is 9.86. The second kappa shape index (κ2) is 5.15. The lowest BCUT2D eigenvalue weighted by molar-refractivity contribution is 0.311. The summed E-state index contributed by atoms with van der Waals surface area (Å²) >= 11 is 0. The maximum atomic E-state index is 4.95. The molecule has 2 fully saturated rings. The lowest BCUT2D eigenvalue weighted by atomic mass is 10.1. The summed E-state index contributed by atoms with van der Waals surface area (Å²) in [4.78, 5) is 7.67. The molecule has 1 aliphatic carbocycles. The van der Waals surface area contributed by atoms with Crippen molar-refractivity contribution in [1.29, 1.82) is 0 Å². The van der Waals surface area contributed by atoms with Gasteiger partial charge in [-0.15, -0.1) is 0 Å². The van der Waals surface area contributed by atoms with Gasteiger partial charge in [0.15, 0.2) is 0 Å². The van der Waals surface area contributed by atoms with Crippen molar-refractivity contribution in [3.05, 3.63) is 17.2 Å². The molecule has 3 heterocycles. The number of nitrogens with zero attached hydrogens (tertiary/aromatic N) is 3. The lowest BCUT2D eigenvalue weighted by Gasteiger charge is -2.22. The number of imidazole rings is 1. The smallest absolute Gasteiger partial charge is 0.109 e. The Morgan fingerprint density at radius 3 is 2.95 bits per heavy atom. The molecule has 0 radical (unpaired) electrons. The molecule has 1 saturated heterocycles. The number of hydrogen-bond donors (Lipinski definition) is 1. The van der Waals surface area contributed by atoms with Gasteiger partial charge in [0.2, 0.25) is 0 Å². The average molecular weight is 274 g/mol. The molecule has 0 bridgehead atoms. The molecular formula is C16H26N4. The van der Waals surface area contributed by atoms with Gasteiger partial charge in [-0.1, -0.05) is 6.92 Å². The summed E-state index contributed by atoms with van der Waals surface area (Å²) in [6, 6.07) is 1.60. The molecule has 4 nitrogen and oxygen atoms in total. The highest BCUT2D eigenvalue weighted by Crippen LogP contribution is 2.35. The third-order valence-corrected chi connectivity index (χ3v) is 5.09. The normalized spacial score (nSPS) is 26.9. The van der Waals surface area contributed by atoms with Crippen molar-refractivity contribution in [3.63, 3.8) is 0 Å². The third-order valence-electron chi connectivity index (χ3n) is 5.09. The van der Waals surface area contributed by atoms with Crippen molar-refractivity contribution in [2.75, 3.05) is 19.6 Å². The van der Waals surface area contributed by atoms with E-state index in [9.17, 15) is 0 Å². The van der Waals surface area contributed by atoms with E-state index >= 15 is 0 Å². The first-order valence-corrected chi connectivity index (χ1v) is 8.40. The maximum absolute atomic E-state index is 4.95. The minimum atomic E-state index is 0.687. The first kappa shape index (κ1) is 12.8. The number of aryl methyl sites for hydroxylation is 1. The van der Waals surface area contributed by atoms with Crippen LogP contribution in [0.1, 0.15) is 55.9 Å². The molecule has 1 aromatic heterocycles. The van der Waals surface area contributed by atoms with E-state index in [1.807, 2.05) is 0 Å². The van der Waals surface area contributed by atoms with Gasteiger partial charge in [0.25, 0.3) is 0 Å². The molecule has 1 unspecified atom stereocenters. The number of likely N-dealkylation sites (tertiary alicyclic amines) is 1. The van der Waals surface area contributed by atoms with Crippen molar-refractivity contribution in [3.8, 4) is 0 Å². The molecule has 20 heavy (non-hydrogen) atoms. The Morgan fingerprint density at radius 1 is 1.25 bits per heavy atom. The van der Waals surface area contributed by atoms with Gasteiger partial charge in [0, 0.05) is 56.8 Å². The zero-order chi connectivity index (χ0) is 13.5. The van der Waals surface area contributed by atoms with Crippen molar-refractivity contribution in [2.45, 2.75) is 64.1 Å². The van der Waals surface area contributed by atoms with Crippen molar-refractivity contribution >= 4 is 0 Å². The highest BCUT2D eigenvalue weighted by molar-refractivity contribution is 5.22. The summed E-state index contributed by atoms with van der Waals surface area (Å²) in [7, 11) is 0. The molecule has 4 rings (SSSR count). The topological polar surface area (TPSA) is 33.1 Å². The molecule has 1 aromatic rings. The van der Waals surface area contributed by atoms with Crippen LogP contribution in [0.2, 0.25) is 0 Å². The first-order valence-electron chi connectivity index (χ1n) is 8.40. The molecule has 0 amide bonds. The molecule has 0 spiro atoms. The van der Waals surface area contributed by atoms with E-state index in [1.54, 1.807) is 0 Å². The van der Waals surface area contributed by atoms with Crippen LogP contribution in [0.15, 0.2) is 0 Å². The molecule has 0 aromatic carbocycles. The fourth-order valence-corrected chi connectivity index (χ4v) is 3.97. The molecule has 4 heteroatoms. The molecule has 110 valence electrons. The summed E-state index contributed by atoms with van der Waals surface area (Å²) in [5.41, 5.74) is 2.86. The van der Waals surface area contributed by atoms with E-state index in [0.717, 1.165) is 32.0 Å². The van der Waals surface area contributed by atoms with Gasteiger partial charge in [-0.2, -0.15) is 0 Å². The summed E-state index contributed by atoms with van der Waals surface area (Å²) in [6.45, 7) is 6.91. The highest BCUT2D eigenvalue weighted by atomic mass is 15.3. The standard InChI is InChI=1S/C16H26N4/c1-2-3-16-18-14-10-17-8-6-15(14)20(16)13-7-9-19(11-13)12-4-5-12/h12-13,17H,2-11H2,1H3. The van der Waals surface area contributed by atoms with Crippen LogP contribution in [0.4, 0.5) is 0 Å². The van der Waals surface area contributed by atoms with Gasteiger partial charge in [-0.25, -0.2) is 4.98 Å². The van der Waals surface area contributed by atoms with Crippen LogP contribution >= 0.6 is 0 Å². The van der Waals surface area contributed by atoms with Crippen LogP contribution in [0, 0.1) is 0 Å². The largest absolute Gasteiger partial charge is 0.327 e. The van der Waals surface area contributed by atoms with E-state index in [1.165, 1.54) is 56.0 Å².